The summed E-state index contributed by atoms with van der Waals surface area (Å²) in [6.07, 6.45) is 3.71. The van der Waals surface area contributed by atoms with Gasteiger partial charge in [0, 0.05) is 32.2 Å². The molecule has 0 radical (unpaired) electrons. The van der Waals surface area contributed by atoms with Gasteiger partial charge in [0.1, 0.15) is 0 Å². The first-order chi connectivity index (χ1) is 8.54. The summed E-state index contributed by atoms with van der Waals surface area (Å²) >= 11 is 6.33. The van der Waals surface area contributed by atoms with Crippen molar-refractivity contribution in [2.24, 2.45) is 12.8 Å². The monoisotopic (exact) mass is 270 g/mol. The quantitative estimate of drug-likeness (QED) is 0.915. The first-order valence-electron chi connectivity index (χ1n) is 6.68. The van der Waals surface area contributed by atoms with E-state index in [2.05, 4.69) is 16.9 Å². The maximum Gasteiger partial charge on any atom is 0.0860 e. The third kappa shape index (κ3) is 2.56. The van der Waals surface area contributed by atoms with Crippen molar-refractivity contribution in [3.05, 3.63) is 16.4 Å². The molecule has 5 heteroatoms. The molecule has 1 fully saturated rings. The molecule has 1 aliphatic heterocycles. The van der Waals surface area contributed by atoms with Crippen LogP contribution in [0.2, 0.25) is 5.02 Å². The normalized spacial score (nSPS) is 25.6. The van der Waals surface area contributed by atoms with E-state index < -0.39 is 0 Å². The summed E-state index contributed by atoms with van der Waals surface area (Å²) in [5.41, 5.74) is 7.90. The minimum atomic E-state index is 0.472. The molecule has 2 rings (SSSR count). The Morgan fingerprint density at radius 2 is 2.17 bits per heavy atom. The maximum atomic E-state index is 6.33. The van der Waals surface area contributed by atoms with E-state index >= 15 is 0 Å². The molecule has 2 unspecified atom stereocenters. The summed E-state index contributed by atoms with van der Waals surface area (Å²) in [4.78, 5) is 2.48. The van der Waals surface area contributed by atoms with E-state index in [0.717, 1.165) is 29.5 Å². The Bertz CT molecular complexity index is 415. The van der Waals surface area contributed by atoms with Crippen molar-refractivity contribution < 1.29 is 0 Å². The van der Waals surface area contributed by atoms with Gasteiger partial charge in [0.2, 0.25) is 0 Å². The number of nitrogens with zero attached hydrogens (tertiary/aromatic N) is 3. The van der Waals surface area contributed by atoms with Crippen LogP contribution in [0.4, 0.5) is 0 Å². The molecule has 0 aromatic carbocycles. The van der Waals surface area contributed by atoms with Crippen LogP contribution in [-0.4, -0.2) is 33.3 Å². The van der Waals surface area contributed by atoms with E-state index in [0.29, 0.717) is 12.1 Å². The fraction of sp³-hybridized carbons (Fsp3) is 0.769. The number of halogens is 1. The number of rotatable bonds is 3. The van der Waals surface area contributed by atoms with Gasteiger partial charge in [-0.1, -0.05) is 18.0 Å². The summed E-state index contributed by atoms with van der Waals surface area (Å²) in [5, 5.41) is 5.18. The smallest absolute Gasteiger partial charge is 0.0860 e. The largest absolute Gasteiger partial charge is 0.329 e. The third-order valence-corrected chi connectivity index (χ3v) is 4.55. The number of hydrogen-bond acceptors (Lipinski definition) is 3. The van der Waals surface area contributed by atoms with Crippen molar-refractivity contribution in [1.29, 1.82) is 0 Å². The standard InChI is InChI=1S/C13H23ClN4/c1-9-5-4-6-11(7-15)18(9)8-12-13(14)10(2)16-17(12)3/h9,11H,4-8,15H2,1-3H3. The third-order valence-electron chi connectivity index (χ3n) is 4.06. The molecule has 1 saturated heterocycles. The molecule has 2 N–H and O–H groups in total. The highest BCUT2D eigenvalue weighted by Gasteiger charge is 2.28. The van der Waals surface area contributed by atoms with Gasteiger partial charge in [-0.05, 0) is 26.7 Å². The zero-order valence-corrected chi connectivity index (χ0v) is 12.2. The molecule has 0 saturated carbocycles. The van der Waals surface area contributed by atoms with Gasteiger partial charge in [-0.15, -0.1) is 0 Å². The number of aryl methyl sites for hydroxylation is 2. The lowest BCUT2D eigenvalue weighted by Crippen LogP contribution is -2.48. The van der Waals surface area contributed by atoms with Crippen LogP contribution >= 0.6 is 11.6 Å². The fourth-order valence-corrected chi connectivity index (χ4v) is 3.12. The lowest BCUT2D eigenvalue weighted by atomic mass is 9.96. The zero-order valence-electron chi connectivity index (χ0n) is 11.5. The Morgan fingerprint density at radius 3 is 2.72 bits per heavy atom. The predicted molar refractivity (Wildman–Crippen MR) is 74.7 cm³/mol. The lowest BCUT2D eigenvalue weighted by molar-refractivity contribution is 0.0865. The Labute approximate surface area is 114 Å². The average Bonchev–Trinajstić information content (AvgIpc) is 2.58. The van der Waals surface area contributed by atoms with Crippen LogP contribution in [0.15, 0.2) is 0 Å². The molecule has 0 bridgehead atoms. The molecular weight excluding hydrogens is 248 g/mol. The lowest BCUT2D eigenvalue weighted by Gasteiger charge is -2.40. The number of nitrogens with two attached hydrogens (primary N) is 1. The van der Waals surface area contributed by atoms with Crippen molar-refractivity contribution in [1.82, 2.24) is 14.7 Å². The summed E-state index contributed by atoms with van der Waals surface area (Å²) in [6.45, 7) is 5.79. The van der Waals surface area contributed by atoms with Gasteiger partial charge >= 0.3 is 0 Å². The van der Waals surface area contributed by atoms with Crippen LogP contribution in [0.3, 0.4) is 0 Å². The Kier molecular flexibility index (Phi) is 4.30. The fourth-order valence-electron chi connectivity index (χ4n) is 2.90. The first-order valence-corrected chi connectivity index (χ1v) is 7.06. The molecule has 4 nitrogen and oxygen atoms in total. The van der Waals surface area contributed by atoms with Crippen LogP contribution in [-0.2, 0) is 13.6 Å². The molecule has 102 valence electrons. The Balaban J connectivity index is 2.20. The van der Waals surface area contributed by atoms with Crippen molar-refractivity contribution in [2.75, 3.05) is 6.54 Å². The highest BCUT2D eigenvalue weighted by atomic mass is 35.5. The topological polar surface area (TPSA) is 47.1 Å². The minimum absolute atomic E-state index is 0.472. The van der Waals surface area contributed by atoms with E-state index in [9.17, 15) is 0 Å². The second kappa shape index (κ2) is 5.59. The summed E-state index contributed by atoms with van der Waals surface area (Å²) < 4.78 is 1.90. The van der Waals surface area contributed by atoms with Gasteiger partial charge in [-0.25, -0.2) is 0 Å². The number of piperidine rings is 1. The van der Waals surface area contributed by atoms with Crippen molar-refractivity contribution in [3.8, 4) is 0 Å². The highest BCUT2D eigenvalue weighted by molar-refractivity contribution is 6.31. The van der Waals surface area contributed by atoms with Crippen LogP contribution < -0.4 is 5.73 Å². The van der Waals surface area contributed by atoms with Crippen molar-refractivity contribution >= 4 is 11.6 Å². The van der Waals surface area contributed by atoms with E-state index in [1.54, 1.807) is 0 Å². The summed E-state index contributed by atoms with van der Waals surface area (Å²) in [6, 6.07) is 1.04. The number of hydrogen-bond donors (Lipinski definition) is 1. The maximum absolute atomic E-state index is 6.33. The molecule has 2 atom stereocenters. The second-order valence-corrected chi connectivity index (χ2v) is 5.69. The highest BCUT2D eigenvalue weighted by Crippen LogP contribution is 2.27. The van der Waals surface area contributed by atoms with E-state index in [-0.39, 0.29) is 0 Å². The van der Waals surface area contributed by atoms with Crippen molar-refractivity contribution in [2.45, 2.75) is 51.7 Å². The Morgan fingerprint density at radius 1 is 1.44 bits per heavy atom. The molecule has 2 heterocycles. The van der Waals surface area contributed by atoms with E-state index in [1.165, 1.54) is 19.3 Å². The molecule has 1 aromatic rings. The van der Waals surface area contributed by atoms with Gasteiger partial charge < -0.3 is 5.73 Å². The average molecular weight is 271 g/mol. The Hall–Kier alpha value is -0.580. The molecule has 1 aliphatic rings. The van der Waals surface area contributed by atoms with E-state index in [4.69, 9.17) is 17.3 Å². The second-order valence-electron chi connectivity index (χ2n) is 5.31. The van der Waals surface area contributed by atoms with Gasteiger partial charge in [-0.3, -0.25) is 9.58 Å². The molecule has 0 spiro atoms. The van der Waals surface area contributed by atoms with Crippen LogP contribution in [0.5, 0.6) is 0 Å². The molecule has 1 aromatic heterocycles. The summed E-state index contributed by atoms with van der Waals surface area (Å²) in [5.74, 6) is 0. The molecule has 0 aliphatic carbocycles. The molecule has 0 amide bonds. The molecule has 18 heavy (non-hydrogen) atoms. The first kappa shape index (κ1) is 13.8. The van der Waals surface area contributed by atoms with Crippen LogP contribution in [0.1, 0.15) is 37.6 Å². The van der Waals surface area contributed by atoms with Crippen LogP contribution in [0, 0.1) is 6.92 Å². The van der Waals surface area contributed by atoms with Crippen LogP contribution in [0.25, 0.3) is 0 Å². The van der Waals surface area contributed by atoms with E-state index in [1.807, 2.05) is 18.7 Å². The molecular formula is C13H23ClN4. The van der Waals surface area contributed by atoms with Gasteiger partial charge in [0.25, 0.3) is 0 Å². The SMILES string of the molecule is Cc1nn(C)c(CN2C(C)CCCC2CN)c1Cl. The predicted octanol–water partition coefficient (Wildman–Crippen LogP) is 2.08. The summed E-state index contributed by atoms with van der Waals surface area (Å²) in [7, 11) is 1.96. The number of likely N-dealkylation sites (tertiary alicyclic amines) is 1. The van der Waals surface area contributed by atoms with Gasteiger partial charge in [0.05, 0.1) is 16.4 Å². The van der Waals surface area contributed by atoms with Gasteiger partial charge in [-0.2, -0.15) is 5.10 Å². The number of aromatic nitrogens is 2. The minimum Gasteiger partial charge on any atom is -0.329 e. The zero-order chi connectivity index (χ0) is 13.3. The van der Waals surface area contributed by atoms with Gasteiger partial charge in [0.15, 0.2) is 0 Å². The van der Waals surface area contributed by atoms with Crippen molar-refractivity contribution in [3.63, 3.8) is 0 Å².